The number of hydrogen-bond acceptors (Lipinski definition) is 3. The monoisotopic (exact) mass is 252 g/mol. The molecule has 1 aromatic rings. The summed E-state index contributed by atoms with van der Waals surface area (Å²) in [6.07, 6.45) is 0. The number of hydrogen-bond donors (Lipinski definition) is 3. The first-order valence-corrected chi connectivity index (χ1v) is 5.01. The number of carbonyl (C=O) groups is 3. The highest BCUT2D eigenvalue weighted by atomic mass is 19.1. The van der Waals surface area contributed by atoms with Crippen LogP contribution < -0.4 is 10.6 Å². The number of amides is 3. The van der Waals surface area contributed by atoms with E-state index < -0.39 is 34.8 Å². The van der Waals surface area contributed by atoms with Crippen molar-refractivity contribution in [3.63, 3.8) is 0 Å². The first-order chi connectivity index (χ1) is 8.34. The van der Waals surface area contributed by atoms with Crippen LogP contribution in [0.2, 0.25) is 0 Å². The largest absolute Gasteiger partial charge is 0.478 e. The molecule has 7 heteroatoms. The summed E-state index contributed by atoms with van der Waals surface area (Å²) >= 11 is 0. The Balaban J connectivity index is 2.47. The first-order valence-electron chi connectivity index (χ1n) is 5.01. The number of halogens is 1. The van der Waals surface area contributed by atoms with E-state index in [1.165, 1.54) is 13.0 Å². The third-order valence-corrected chi connectivity index (χ3v) is 2.82. The minimum Gasteiger partial charge on any atom is -0.478 e. The fourth-order valence-electron chi connectivity index (χ4n) is 1.75. The van der Waals surface area contributed by atoms with Crippen LogP contribution in [-0.4, -0.2) is 23.0 Å². The number of carbonyl (C=O) groups excluding carboxylic acids is 2. The van der Waals surface area contributed by atoms with Crippen LogP contribution in [0.15, 0.2) is 18.2 Å². The third-order valence-electron chi connectivity index (χ3n) is 2.82. The Labute approximate surface area is 101 Å². The van der Waals surface area contributed by atoms with Gasteiger partial charge in [0.05, 0.1) is 5.56 Å². The van der Waals surface area contributed by atoms with E-state index in [1.54, 1.807) is 0 Å². The molecule has 1 saturated heterocycles. The van der Waals surface area contributed by atoms with Crippen molar-refractivity contribution in [3.05, 3.63) is 35.1 Å². The molecule has 0 radical (unpaired) electrons. The van der Waals surface area contributed by atoms with Crippen LogP contribution in [-0.2, 0) is 10.3 Å². The Morgan fingerprint density at radius 2 is 2.06 bits per heavy atom. The number of benzene rings is 1. The van der Waals surface area contributed by atoms with E-state index in [0.717, 1.165) is 12.1 Å². The maximum absolute atomic E-state index is 13.5. The highest BCUT2D eigenvalue weighted by molar-refractivity contribution is 6.07. The summed E-state index contributed by atoms with van der Waals surface area (Å²) in [4.78, 5) is 33.3. The number of urea groups is 1. The second-order valence-corrected chi connectivity index (χ2v) is 4.03. The molecule has 94 valence electrons. The standard InChI is InChI=1S/C11H9FN2O4/c1-11(9(17)13-10(18)14-11)5-2-3-6(8(15)16)7(12)4-5/h2-4H,1H3,(H,15,16)(H2,13,14,17,18)/t11-/m1/s1. The van der Waals surface area contributed by atoms with Crippen molar-refractivity contribution in [2.45, 2.75) is 12.5 Å². The first kappa shape index (κ1) is 12.0. The van der Waals surface area contributed by atoms with Gasteiger partial charge in [0.25, 0.3) is 5.91 Å². The zero-order valence-electron chi connectivity index (χ0n) is 9.28. The molecule has 1 aromatic carbocycles. The summed E-state index contributed by atoms with van der Waals surface area (Å²) in [5.41, 5.74) is -1.71. The Hall–Kier alpha value is -2.44. The van der Waals surface area contributed by atoms with Crippen LogP contribution in [0.4, 0.5) is 9.18 Å². The number of rotatable bonds is 2. The molecular weight excluding hydrogens is 243 g/mol. The van der Waals surface area contributed by atoms with E-state index >= 15 is 0 Å². The lowest BCUT2D eigenvalue weighted by Gasteiger charge is -2.21. The lowest BCUT2D eigenvalue weighted by Crippen LogP contribution is -2.40. The Kier molecular flexibility index (Phi) is 2.54. The Morgan fingerprint density at radius 1 is 1.39 bits per heavy atom. The highest BCUT2D eigenvalue weighted by Crippen LogP contribution is 2.25. The van der Waals surface area contributed by atoms with Crippen LogP contribution in [0.25, 0.3) is 0 Å². The van der Waals surface area contributed by atoms with Gasteiger partial charge in [0, 0.05) is 0 Å². The van der Waals surface area contributed by atoms with E-state index in [2.05, 4.69) is 5.32 Å². The smallest absolute Gasteiger partial charge is 0.338 e. The third kappa shape index (κ3) is 1.69. The van der Waals surface area contributed by atoms with Crippen LogP contribution in [0.5, 0.6) is 0 Å². The fourth-order valence-corrected chi connectivity index (χ4v) is 1.75. The molecule has 18 heavy (non-hydrogen) atoms. The van der Waals surface area contributed by atoms with Crippen molar-refractivity contribution in [2.75, 3.05) is 0 Å². The van der Waals surface area contributed by atoms with Crippen molar-refractivity contribution >= 4 is 17.9 Å². The topological polar surface area (TPSA) is 95.5 Å². The van der Waals surface area contributed by atoms with E-state index in [0.29, 0.717) is 0 Å². The molecule has 1 aliphatic heterocycles. The van der Waals surface area contributed by atoms with Gasteiger partial charge in [0.15, 0.2) is 0 Å². The maximum Gasteiger partial charge on any atom is 0.338 e. The summed E-state index contributed by atoms with van der Waals surface area (Å²) in [5, 5.41) is 13.1. The van der Waals surface area contributed by atoms with Gasteiger partial charge in [-0.3, -0.25) is 10.1 Å². The quantitative estimate of drug-likeness (QED) is 0.671. The zero-order chi connectivity index (χ0) is 13.5. The van der Waals surface area contributed by atoms with E-state index in [-0.39, 0.29) is 5.56 Å². The van der Waals surface area contributed by atoms with Gasteiger partial charge in [-0.25, -0.2) is 14.0 Å². The van der Waals surface area contributed by atoms with Crippen molar-refractivity contribution in [3.8, 4) is 0 Å². The zero-order valence-corrected chi connectivity index (χ0v) is 9.28. The van der Waals surface area contributed by atoms with Gasteiger partial charge in [-0.2, -0.15) is 0 Å². The molecule has 0 spiro atoms. The second-order valence-electron chi connectivity index (χ2n) is 4.03. The molecule has 3 amide bonds. The summed E-state index contributed by atoms with van der Waals surface area (Å²) in [7, 11) is 0. The molecule has 2 rings (SSSR count). The van der Waals surface area contributed by atoms with Gasteiger partial charge < -0.3 is 10.4 Å². The van der Waals surface area contributed by atoms with Crippen molar-refractivity contribution in [1.29, 1.82) is 0 Å². The van der Waals surface area contributed by atoms with Gasteiger partial charge in [-0.1, -0.05) is 6.07 Å². The SMILES string of the molecule is C[C@]1(c2ccc(C(=O)O)c(F)c2)NC(=O)NC1=O. The lowest BCUT2D eigenvalue weighted by atomic mass is 9.91. The van der Waals surface area contributed by atoms with Crippen LogP contribution in [0.1, 0.15) is 22.8 Å². The molecule has 1 aliphatic rings. The minimum atomic E-state index is -1.40. The van der Waals surface area contributed by atoms with Crippen molar-refractivity contribution < 1.29 is 23.9 Å². The normalized spacial score (nSPS) is 22.6. The van der Waals surface area contributed by atoms with Crippen molar-refractivity contribution in [1.82, 2.24) is 10.6 Å². The molecule has 1 heterocycles. The van der Waals surface area contributed by atoms with Gasteiger partial charge in [-0.15, -0.1) is 0 Å². The van der Waals surface area contributed by atoms with Gasteiger partial charge in [0.2, 0.25) is 0 Å². The summed E-state index contributed by atoms with van der Waals surface area (Å²) < 4.78 is 13.5. The molecule has 0 aromatic heterocycles. The van der Waals surface area contributed by atoms with Gasteiger partial charge in [-0.05, 0) is 24.6 Å². The van der Waals surface area contributed by atoms with E-state index in [4.69, 9.17) is 5.11 Å². The van der Waals surface area contributed by atoms with Gasteiger partial charge >= 0.3 is 12.0 Å². The van der Waals surface area contributed by atoms with Crippen LogP contribution >= 0.6 is 0 Å². The fraction of sp³-hybridized carbons (Fsp3) is 0.182. The number of carboxylic acids is 1. The van der Waals surface area contributed by atoms with Gasteiger partial charge in [0.1, 0.15) is 11.4 Å². The maximum atomic E-state index is 13.5. The Bertz CT molecular complexity index is 572. The summed E-state index contributed by atoms with van der Waals surface area (Å²) in [6.45, 7) is 1.41. The van der Waals surface area contributed by atoms with Crippen molar-refractivity contribution in [2.24, 2.45) is 0 Å². The van der Waals surface area contributed by atoms with E-state index in [1.807, 2.05) is 5.32 Å². The molecular formula is C11H9FN2O4. The molecule has 0 saturated carbocycles. The molecule has 0 aliphatic carbocycles. The molecule has 1 fully saturated rings. The average molecular weight is 252 g/mol. The molecule has 1 atom stereocenters. The average Bonchev–Trinajstić information content (AvgIpc) is 2.53. The lowest BCUT2D eigenvalue weighted by molar-refractivity contribution is -0.123. The predicted molar refractivity (Wildman–Crippen MR) is 57.4 cm³/mol. The van der Waals surface area contributed by atoms with Crippen LogP contribution in [0, 0.1) is 5.82 Å². The Morgan fingerprint density at radius 3 is 2.50 bits per heavy atom. The minimum absolute atomic E-state index is 0.174. The van der Waals surface area contributed by atoms with E-state index in [9.17, 15) is 18.8 Å². The predicted octanol–water partition coefficient (Wildman–Crippen LogP) is 0.579. The summed E-state index contributed by atoms with van der Waals surface area (Å²) in [5.74, 6) is -2.98. The molecule has 3 N–H and O–H groups in total. The second kappa shape index (κ2) is 3.80. The molecule has 0 unspecified atom stereocenters. The summed E-state index contributed by atoms with van der Waals surface area (Å²) in [6, 6.07) is 2.59. The van der Waals surface area contributed by atoms with Crippen LogP contribution in [0.3, 0.4) is 0 Å². The molecule has 0 bridgehead atoms. The highest BCUT2D eigenvalue weighted by Gasteiger charge is 2.43. The number of carboxylic acid groups (broad SMARTS) is 1. The number of imide groups is 1. The number of aromatic carboxylic acids is 1. The molecule has 6 nitrogen and oxygen atoms in total. The number of nitrogens with one attached hydrogen (secondary N) is 2.